The van der Waals surface area contributed by atoms with Crippen molar-refractivity contribution in [1.29, 1.82) is 0 Å². The van der Waals surface area contributed by atoms with Crippen molar-refractivity contribution in [2.24, 2.45) is 0 Å². The van der Waals surface area contributed by atoms with Crippen molar-refractivity contribution in [3.63, 3.8) is 0 Å². The monoisotopic (exact) mass is 358 g/mol. The average Bonchev–Trinajstić information content (AvgIpc) is 2.66. The fourth-order valence-corrected chi connectivity index (χ4v) is 2.79. The molecule has 0 amide bonds. The summed E-state index contributed by atoms with van der Waals surface area (Å²) >= 11 is 0. The zero-order chi connectivity index (χ0) is 18.5. The molecule has 6 heteroatoms. The first-order chi connectivity index (χ1) is 12.6. The molecule has 0 spiro atoms. The van der Waals surface area contributed by atoms with Gasteiger partial charge in [0.15, 0.2) is 35.2 Å². The summed E-state index contributed by atoms with van der Waals surface area (Å²) in [6, 6.07) is 9.99. The molecule has 0 saturated carbocycles. The fourth-order valence-electron chi connectivity index (χ4n) is 2.79. The van der Waals surface area contributed by atoms with E-state index in [-0.39, 0.29) is 18.1 Å². The molecule has 6 nitrogen and oxygen atoms in total. The number of benzene rings is 2. The molecule has 0 aromatic heterocycles. The molecule has 3 N–H and O–H groups in total. The number of phenols is 2. The van der Waals surface area contributed by atoms with Crippen LogP contribution in [-0.2, 0) is 4.74 Å². The van der Waals surface area contributed by atoms with Gasteiger partial charge < -0.3 is 29.5 Å². The van der Waals surface area contributed by atoms with Crippen molar-refractivity contribution in [2.75, 3.05) is 20.3 Å². The molecule has 1 aliphatic heterocycles. The summed E-state index contributed by atoms with van der Waals surface area (Å²) in [4.78, 5) is 0. The van der Waals surface area contributed by atoms with E-state index in [9.17, 15) is 15.3 Å². The van der Waals surface area contributed by atoms with Crippen LogP contribution in [-0.4, -0.2) is 41.7 Å². The van der Waals surface area contributed by atoms with Gasteiger partial charge in [0, 0.05) is 19.3 Å². The number of aliphatic hydroxyl groups excluding tert-OH is 1. The lowest BCUT2D eigenvalue weighted by Crippen LogP contribution is -2.36. The summed E-state index contributed by atoms with van der Waals surface area (Å²) in [5, 5.41) is 28.9. The van der Waals surface area contributed by atoms with Crippen molar-refractivity contribution in [2.45, 2.75) is 18.6 Å². The third-order valence-corrected chi connectivity index (χ3v) is 4.14. The molecule has 0 fully saturated rings. The van der Waals surface area contributed by atoms with Crippen LogP contribution in [0.4, 0.5) is 0 Å². The number of ether oxygens (including phenoxy) is 3. The number of aliphatic hydroxyl groups is 1. The lowest BCUT2D eigenvalue weighted by Gasteiger charge is -2.33. The van der Waals surface area contributed by atoms with Gasteiger partial charge in [-0.3, -0.25) is 0 Å². The Morgan fingerprint density at radius 2 is 1.88 bits per heavy atom. The Bertz CT molecular complexity index is 786. The van der Waals surface area contributed by atoms with Gasteiger partial charge >= 0.3 is 0 Å². The molecule has 1 heterocycles. The smallest absolute Gasteiger partial charge is 0.163 e. The maximum atomic E-state index is 9.72. The number of aromatic hydroxyl groups is 2. The Morgan fingerprint density at radius 3 is 2.62 bits per heavy atom. The quantitative estimate of drug-likeness (QED) is 0.543. The highest BCUT2D eigenvalue weighted by molar-refractivity contribution is 5.56. The van der Waals surface area contributed by atoms with Gasteiger partial charge in [0.25, 0.3) is 0 Å². The number of hydrogen-bond donors (Lipinski definition) is 3. The van der Waals surface area contributed by atoms with E-state index in [1.54, 1.807) is 13.2 Å². The Hall–Kier alpha value is -2.70. The summed E-state index contributed by atoms with van der Waals surface area (Å²) in [5.41, 5.74) is 1.56. The molecular formula is C20H22O6. The van der Waals surface area contributed by atoms with Crippen LogP contribution < -0.4 is 9.47 Å². The highest BCUT2D eigenvalue weighted by Gasteiger charge is 2.33. The molecule has 0 radical (unpaired) electrons. The van der Waals surface area contributed by atoms with Crippen LogP contribution in [0.3, 0.4) is 0 Å². The normalized spacial score (nSPS) is 19.0. The van der Waals surface area contributed by atoms with Crippen LogP contribution >= 0.6 is 0 Å². The maximum Gasteiger partial charge on any atom is 0.163 e. The van der Waals surface area contributed by atoms with Crippen molar-refractivity contribution < 1.29 is 29.5 Å². The summed E-state index contributed by atoms with van der Waals surface area (Å²) in [5.74, 6) is 0.653. The third-order valence-electron chi connectivity index (χ3n) is 4.14. The molecule has 26 heavy (non-hydrogen) atoms. The Balaban J connectivity index is 1.82. The van der Waals surface area contributed by atoms with Gasteiger partial charge in [-0.05, 0) is 36.2 Å². The van der Waals surface area contributed by atoms with E-state index in [1.165, 1.54) is 12.1 Å². The minimum Gasteiger partial charge on any atom is -0.504 e. The molecule has 2 atom stereocenters. The number of fused-ring (bicyclic) bond motifs is 1. The van der Waals surface area contributed by atoms with E-state index >= 15 is 0 Å². The highest BCUT2D eigenvalue weighted by atomic mass is 16.6. The Labute approximate surface area is 151 Å². The van der Waals surface area contributed by atoms with E-state index < -0.39 is 12.2 Å². The first-order valence-electron chi connectivity index (χ1n) is 8.38. The van der Waals surface area contributed by atoms with Gasteiger partial charge in [-0.25, -0.2) is 0 Å². The van der Waals surface area contributed by atoms with Crippen LogP contribution in [0.5, 0.6) is 23.0 Å². The van der Waals surface area contributed by atoms with Gasteiger partial charge in [0.05, 0.1) is 6.61 Å². The predicted molar refractivity (Wildman–Crippen MR) is 96.6 cm³/mol. The molecule has 3 rings (SSSR count). The summed E-state index contributed by atoms with van der Waals surface area (Å²) in [7, 11) is 1.66. The first kappa shape index (κ1) is 18.1. The van der Waals surface area contributed by atoms with E-state index in [4.69, 9.17) is 14.2 Å². The van der Waals surface area contributed by atoms with Gasteiger partial charge in [0.1, 0.15) is 0 Å². The van der Waals surface area contributed by atoms with E-state index in [0.717, 1.165) is 12.0 Å². The Kier molecular flexibility index (Phi) is 5.65. The van der Waals surface area contributed by atoms with Crippen LogP contribution in [0.25, 0.3) is 6.08 Å². The lowest BCUT2D eigenvalue weighted by atomic mass is 10.0. The van der Waals surface area contributed by atoms with E-state index in [1.807, 2.05) is 30.4 Å². The first-order valence-corrected chi connectivity index (χ1v) is 8.38. The molecule has 0 saturated heterocycles. The topological polar surface area (TPSA) is 88.4 Å². The zero-order valence-electron chi connectivity index (χ0n) is 14.5. The van der Waals surface area contributed by atoms with Gasteiger partial charge in [-0.15, -0.1) is 0 Å². The number of rotatable bonds is 6. The SMILES string of the molecule is COCCC=Cc1ccc2c(c1)OC(CO)C(c1ccc(O)c(O)c1)O2. The van der Waals surface area contributed by atoms with Gasteiger partial charge in [-0.1, -0.05) is 24.3 Å². The van der Waals surface area contributed by atoms with Crippen LogP contribution in [0, 0.1) is 0 Å². The van der Waals surface area contributed by atoms with Crippen LogP contribution in [0.2, 0.25) is 0 Å². The molecule has 1 aliphatic rings. The second-order valence-corrected chi connectivity index (χ2v) is 6.02. The standard InChI is InChI=1S/C20H22O6/c1-24-9-3-2-4-13-5-8-17-18(10-13)25-19(12-21)20(26-17)14-6-7-15(22)16(23)11-14/h2,4-8,10-11,19-23H,3,9,12H2,1H3. The van der Waals surface area contributed by atoms with Crippen LogP contribution in [0.1, 0.15) is 23.7 Å². The second-order valence-electron chi connectivity index (χ2n) is 6.02. The van der Waals surface area contributed by atoms with Gasteiger partial charge in [0.2, 0.25) is 0 Å². The number of hydrogen-bond acceptors (Lipinski definition) is 6. The minimum atomic E-state index is -0.626. The Morgan fingerprint density at radius 1 is 1.04 bits per heavy atom. The van der Waals surface area contributed by atoms with Crippen molar-refractivity contribution >= 4 is 6.08 Å². The molecule has 0 bridgehead atoms. The molecule has 2 unspecified atom stereocenters. The average molecular weight is 358 g/mol. The van der Waals surface area contributed by atoms with Crippen molar-refractivity contribution in [1.82, 2.24) is 0 Å². The summed E-state index contributed by atoms with van der Waals surface area (Å²) in [6.45, 7) is 0.411. The lowest BCUT2D eigenvalue weighted by molar-refractivity contribution is -0.0124. The summed E-state index contributed by atoms with van der Waals surface area (Å²) < 4.78 is 16.9. The largest absolute Gasteiger partial charge is 0.504 e. The molecule has 2 aromatic carbocycles. The van der Waals surface area contributed by atoms with Crippen LogP contribution in [0.15, 0.2) is 42.5 Å². The molecule has 138 valence electrons. The van der Waals surface area contributed by atoms with Gasteiger partial charge in [-0.2, -0.15) is 0 Å². The second kappa shape index (κ2) is 8.12. The van der Waals surface area contributed by atoms with E-state index in [0.29, 0.717) is 23.7 Å². The van der Waals surface area contributed by atoms with E-state index in [2.05, 4.69) is 0 Å². The minimum absolute atomic E-state index is 0.212. The molecule has 2 aromatic rings. The fraction of sp³-hybridized carbons (Fsp3) is 0.300. The molecule has 0 aliphatic carbocycles. The van der Waals surface area contributed by atoms with Crippen molar-refractivity contribution in [3.8, 4) is 23.0 Å². The highest BCUT2D eigenvalue weighted by Crippen LogP contribution is 2.41. The molecular weight excluding hydrogens is 336 g/mol. The number of phenolic OH excluding ortho intramolecular Hbond substituents is 2. The predicted octanol–water partition coefficient (Wildman–Crippen LogP) is 3.02. The third kappa shape index (κ3) is 3.92. The maximum absolute atomic E-state index is 9.72. The zero-order valence-corrected chi connectivity index (χ0v) is 14.5. The number of methoxy groups -OCH3 is 1. The van der Waals surface area contributed by atoms with Crippen molar-refractivity contribution in [3.05, 3.63) is 53.6 Å². The summed E-state index contributed by atoms with van der Waals surface area (Å²) in [6.07, 6.45) is 3.58.